The van der Waals surface area contributed by atoms with Crippen molar-refractivity contribution in [1.82, 2.24) is 0 Å². The Labute approximate surface area is 345 Å². The molecule has 0 aliphatic heterocycles. The minimum absolute atomic E-state index is 0.364. The Kier molecular flexibility index (Phi) is 7.50. The molecule has 2 unspecified atom stereocenters. The number of aromatic hydroxyl groups is 1. The molecule has 0 aromatic heterocycles. The number of phenolic OH excluding ortho intramolecular Hbond substituents is 1. The van der Waals surface area contributed by atoms with Gasteiger partial charge in [0.05, 0.1) is 5.41 Å². The minimum atomic E-state index is -0.438. The van der Waals surface area contributed by atoms with E-state index in [1.54, 1.807) is 0 Å². The molecule has 2 heteroatoms. The summed E-state index contributed by atoms with van der Waals surface area (Å²) in [6.45, 7) is 0. The van der Waals surface area contributed by atoms with E-state index in [2.05, 4.69) is 211 Å². The van der Waals surface area contributed by atoms with E-state index in [-0.39, 0.29) is 0 Å². The molecule has 0 bridgehead atoms. The lowest BCUT2D eigenvalue weighted by atomic mass is 9.64. The Morgan fingerprint density at radius 3 is 2.22 bits per heavy atom. The highest BCUT2D eigenvalue weighted by molar-refractivity contribution is 5.96. The summed E-state index contributed by atoms with van der Waals surface area (Å²) in [7, 11) is 0. The first kappa shape index (κ1) is 33.8. The number of fused-ring (bicyclic) bond motifs is 5. The van der Waals surface area contributed by atoms with E-state index >= 15 is 0 Å². The van der Waals surface area contributed by atoms with Crippen LogP contribution in [0.3, 0.4) is 0 Å². The zero-order valence-electron chi connectivity index (χ0n) is 32.4. The maximum Gasteiger partial charge on any atom is 0.131 e. The zero-order chi connectivity index (χ0) is 39.1. The second-order valence-electron chi connectivity index (χ2n) is 16.3. The molecule has 0 amide bonds. The van der Waals surface area contributed by atoms with Gasteiger partial charge in [-0.15, -0.1) is 0 Å². The van der Waals surface area contributed by atoms with Crippen molar-refractivity contribution in [3.63, 3.8) is 0 Å². The first-order valence-electron chi connectivity index (χ1n) is 20.7. The molecule has 0 spiro atoms. The number of rotatable bonds is 7. The number of hydrogen-bond acceptors (Lipinski definition) is 2. The van der Waals surface area contributed by atoms with Crippen LogP contribution in [0.5, 0.6) is 5.75 Å². The minimum Gasteiger partial charge on any atom is -0.507 e. The normalized spacial score (nSPS) is 21.1. The molecule has 1 saturated carbocycles. The van der Waals surface area contributed by atoms with Gasteiger partial charge in [-0.1, -0.05) is 174 Å². The van der Waals surface area contributed by atoms with Crippen LogP contribution in [-0.2, 0) is 5.41 Å². The van der Waals surface area contributed by atoms with Crippen molar-refractivity contribution in [2.45, 2.75) is 18.3 Å². The fraction of sp³-hybridized carbons (Fsp3) is 0.0877. The van der Waals surface area contributed by atoms with Gasteiger partial charge in [-0.3, -0.25) is 0 Å². The summed E-state index contributed by atoms with van der Waals surface area (Å²) in [4.78, 5) is 2.41. The summed E-state index contributed by atoms with van der Waals surface area (Å²) in [5.74, 6) is 1.25. The van der Waals surface area contributed by atoms with Crippen LogP contribution in [0.1, 0.15) is 40.7 Å². The van der Waals surface area contributed by atoms with Gasteiger partial charge in [0, 0.05) is 40.0 Å². The van der Waals surface area contributed by atoms with E-state index in [4.69, 9.17) is 0 Å². The van der Waals surface area contributed by atoms with Crippen LogP contribution in [0.2, 0.25) is 0 Å². The third-order valence-corrected chi connectivity index (χ3v) is 13.3. The monoisotopic (exact) mass is 753 g/mol. The van der Waals surface area contributed by atoms with E-state index in [0.717, 1.165) is 46.5 Å². The molecular weight excluding hydrogens is 715 g/mol. The smallest absolute Gasteiger partial charge is 0.131 e. The highest BCUT2D eigenvalue weighted by atomic mass is 16.3. The lowest BCUT2D eigenvalue weighted by Crippen LogP contribution is -2.32. The molecule has 59 heavy (non-hydrogen) atoms. The number of benzene rings is 6. The number of anilines is 2. The van der Waals surface area contributed by atoms with Crippen LogP contribution in [0, 0.1) is 11.8 Å². The van der Waals surface area contributed by atoms with Crippen LogP contribution in [0.25, 0.3) is 39.5 Å². The summed E-state index contributed by atoms with van der Waals surface area (Å²) in [6.07, 6.45) is 19.6. The lowest BCUT2D eigenvalue weighted by Gasteiger charge is -2.39. The Bertz CT molecular complexity index is 3070. The van der Waals surface area contributed by atoms with Gasteiger partial charge in [0.2, 0.25) is 0 Å². The molecule has 6 aromatic carbocycles. The summed E-state index contributed by atoms with van der Waals surface area (Å²) < 4.78 is 0. The molecule has 2 nitrogen and oxygen atoms in total. The molecule has 1 fully saturated rings. The van der Waals surface area contributed by atoms with Crippen molar-refractivity contribution in [2.75, 3.05) is 4.90 Å². The molecule has 0 saturated heterocycles. The predicted molar refractivity (Wildman–Crippen MR) is 242 cm³/mol. The summed E-state index contributed by atoms with van der Waals surface area (Å²) in [5.41, 5.74) is 26.2. The Morgan fingerprint density at radius 1 is 0.627 bits per heavy atom. The molecule has 6 aliphatic carbocycles. The largest absolute Gasteiger partial charge is 0.507 e. The Morgan fingerprint density at radius 2 is 1.39 bits per heavy atom. The quantitative estimate of drug-likeness (QED) is 0.164. The number of nitrogens with zero attached hydrogens (tertiary/aromatic N) is 1. The Hall–Kier alpha value is -7.34. The van der Waals surface area contributed by atoms with Gasteiger partial charge in [0.15, 0.2) is 0 Å². The molecule has 0 radical (unpaired) electrons. The van der Waals surface area contributed by atoms with Crippen LogP contribution in [-0.4, -0.2) is 5.11 Å². The fourth-order valence-corrected chi connectivity index (χ4v) is 10.6. The highest BCUT2D eigenvalue weighted by Crippen LogP contribution is 2.62. The molecule has 6 aromatic rings. The first-order chi connectivity index (χ1) is 29.2. The van der Waals surface area contributed by atoms with E-state index in [9.17, 15) is 5.11 Å². The van der Waals surface area contributed by atoms with Crippen LogP contribution >= 0.6 is 0 Å². The third kappa shape index (κ3) is 5.08. The van der Waals surface area contributed by atoms with Gasteiger partial charge in [0.1, 0.15) is 5.75 Å². The fourth-order valence-electron chi connectivity index (χ4n) is 10.6. The highest BCUT2D eigenvalue weighted by Gasteiger charge is 2.50. The predicted octanol–water partition coefficient (Wildman–Crippen LogP) is 13.7. The third-order valence-electron chi connectivity index (χ3n) is 13.3. The molecule has 12 rings (SSSR count). The summed E-state index contributed by atoms with van der Waals surface area (Å²) >= 11 is 0. The second-order valence-corrected chi connectivity index (χ2v) is 16.3. The van der Waals surface area contributed by atoms with E-state index in [1.165, 1.54) is 61.4 Å². The summed E-state index contributed by atoms with van der Waals surface area (Å²) in [5, 5.41) is 12.0. The zero-order valence-corrected chi connectivity index (χ0v) is 32.4. The van der Waals surface area contributed by atoms with Gasteiger partial charge < -0.3 is 10.0 Å². The van der Waals surface area contributed by atoms with Gasteiger partial charge in [-0.2, -0.15) is 0 Å². The lowest BCUT2D eigenvalue weighted by molar-refractivity contribution is 0.475. The standard InChI is InChI=1S/C57H39NO/c59-56-46(34-27-40-36-51-49-21-12-22-50(54(40)56)55(49)51)39-15-11-18-45(35-39)58(43-30-25-38(26-31-43)37-13-3-1-4-14-37)44-32-28-42(29-33-44)57(41-16-5-2-6-17-41)52-23-9-7-19-47(52)48-20-8-10-24-53(48)57/h1-7,9,11-28,30-32,34-36,49,55,59H,29,33H2/t49-,55?,57?/m1/s1. The van der Waals surface area contributed by atoms with Crippen molar-refractivity contribution in [1.29, 1.82) is 0 Å². The van der Waals surface area contributed by atoms with E-state index in [0.29, 0.717) is 17.6 Å². The SMILES string of the molecule is Oc1c(-c2cccc(N(C3=CC=C(C4(c5ccccc5)C5=C(C=C=C=C5)c5ccccc54)CC3)c3ccc(-c4ccccc4)cc3)c2)ccc2c1C1=CC=C[C@@H]3C(=C2)C13. The molecule has 0 heterocycles. The van der Waals surface area contributed by atoms with Gasteiger partial charge in [-0.05, 0) is 111 Å². The van der Waals surface area contributed by atoms with Crippen LogP contribution < -0.4 is 4.90 Å². The van der Waals surface area contributed by atoms with E-state index < -0.39 is 5.41 Å². The van der Waals surface area contributed by atoms with E-state index in [1.807, 2.05) is 0 Å². The maximum absolute atomic E-state index is 12.0. The maximum atomic E-state index is 12.0. The number of hydrogen-bond donors (Lipinski definition) is 1. The van der Waals surface area contributed by atoms with Crippen LogP contribution in [0.4, 0.5) is 11.4 Å². The molecule has 1 N–H and O–H groups in total. The first-order valence-corrected chi connectivity index (χ1v) is 20.7. The van der Waals surface area contributed by atoms with Gasteiger partial charge >= 0.3 is 0 Å². The average Bonchev–Trinajstić information content (AvgIpc) is 3.93. The van der Waals surface area contributed by atoms with Crippen molar-refractivity contribution in [3.05, 3.63) is 250 Å². The number of phenols is 1. The van der Waals surface area contributed by atoms with Crippen LogP contribution in [0.15, 0.2) is 222 Å². The molecular formula is C57H39NO. The second kappa shape index (κ2) is 13.1. The topological polar surface area (TPSA) is 23.5 Å². The number of allylic oxidation sites excluding steroid dienone is 13. The van der Waals surface area contributed by atoms with Crippen molar-refractivity contribution < 1.29 is 5.11 Å². The van der Waals surface area contributed by atoms with Crippen molar-refractivity contribution in [3.8, 4) is 28.0 Å². The summed E-state index contributed by atoms with van der Waals surface area (Å²) in [6, 6.07) is 52.4. The Balaban J connectivity index is 0.994. The average molecular weight is 754 g/mol. The van der Waals surface area contributed by atoms with Gasteiger partial charge in [-0.25, -0.2) is 0 Å². The molecule has 3 atom stereocenters. The van der Waals surface area contributed by atoms with Crippen molar-refractivity contribution >= 4 is 28.6 Å². The molecule has 6 aliphatic rings. The molecule has 278 valence electrons. The van der Waals surface area contributed by atoms with Gasteiger partial charge in [0.25, 0.3) is 0 Å². The van der Waals surface area contributed by atoms with Crippen molar-refractivity contribution in [2.24, 2.45) is 11.8 Å².